The molecule has 2 heterocycles. The quantitative estimate of drug-likeness (QED) is 0.826. The summed E-state index contributed by atoms with van der Waals surface area (Å²) in [5.41, 5.74) is 1.40. The smallest absolute Gasteiger partial charge is 0.0594 e. The van der Waals surface area contributed by atoms with E-state index in [0.29, 0.717) is 12.1 Å². The van der Waals surface area contributed by atoms with Gasteiger partial charge in [-0.1, -0.05) is 0 Å². The van der Waals surface area contributed by atoms with E-state index in [0.717, 1.165) is 13.0 Å². The summed E-state index contributed by atoms with van der Waals surface area (Å²) in [5, 5.41) is 7.71. The van der Waals surface area contributed by atoms with Crippen LogP contribution >= 0.6 is 11.3 Å². The van der Waals surface area contributed by atoms with Gasteiger partial charge in [0, 0.05) is 12.6 Å². The molecule has 1 aliphatic rings. The van der Waals surface area contributed by atoms with Crippen LogP contribution in [0.1, 0.15) is 30.9 Å². The highest BCUT2D eigenvalue weighted by molar-refractivity contribution is 7.07. The standard InChI is InChI=1S/C11H17NOS/c1-12-11(9-4-6-14-8-9)7-10-3-2-5-13-10/h4,6,8,10-12H,2-3,5,7H2,1H3. The fraction of sp³-hybridized carbons (Fsp3) is 0.636. The molecule has 2 atom stereocenters. The molecule has 1 aromatic heterocycles. The van der Waals surface area contributed by atoms with Crippen LogP contribution in [-0.2, 0) is 4.74 Å². The second kappa shape index (κ2) is 4.91. The van der Waals surface area contributed by atoms with Gasteiger partial charge in [0.15, 0.2) is 0 Å². The van der Waals surface area contributed by atoms with Crippen molar-refractivity contribution in [2.45, 2.75) is 31.4 Å². The first-order chi connectivity index (χ1) is 6.90. The van der Waals surface area contributed by atoms with Crippen LogP contribution < -0.4 is 5.32 Å². The van der Waals surface area contributed by atoms with Crippen LogP contribution in [0.3, 0.4) is 0 Å². The second-order valence-corrected chi connectivity index (χ2v) is 4.55. The monoisotopic (exact) mass is 211 g/mol. The average molecular weight is 211 g/mol. The number of ether oxygens (including phenoxy) is 1. The van der Waals surface area contributed by atoms with E-state index >= 15 is 0 Å². The van der Waals surface area contributed by atoms with Gasteiger partial charge in [-0.3, -0.25) is 0 Å². The van der Waals surface area contributed by atoms with Crippen molar-refractivity contribution in [1.82, 2.24) is 5.32 Å². The van der Waals surface area contributed by atoms with Gasteiger partial charge in [-0.25, -0.2) is 0 Å². The molecule has 0 aromatic carbocycles. The van der Waals surface area contributed by atoms with E-state index in [1.165, 1.54) is 18.4 Å². The van der Waals surface area contributed by atoms with Crippen molar-refractivity contribution in [3.8, 4) is 0 Å². The lowest BCUT2D eigenvalue weighted by molar-refractivity contribution is 0.0954. The minimum absolute atomic E-state index is 0.462. The molecule has 3 heteroatoms. The van der Waals surface area contributed by atoms with E-state index in [1.807, 2.05) is 7.05 Å². The van der Waals surface area contributed by atoms with Gasteiger partial charge in [0.25, 0.3) is 0 Å². The third-order valence-corrected chi connectivity index (χ3v) is 3.52. The fourth-order valence-electron chi connectivity index (χ4n) is 1.99. The first kappa shape index (κ1) is 10.1. The van der Waals surface area contributed by atoms with Crippen LogP contribution in [0.25, 0.3) is 0 Å². The molecule has 2 rings (SSSR count). The Kier molecular flexibility index (Phi) is 3.56. The van der Waals surface area contributed by atoms with Gasteiger partial charge in [0.1, 0.15) is 0 Å². The fourth-order valence-corrected chi connectivity index (χ4v) is 2.70. The van der Waals surface area contributed by atoms with Gasteiger partial charge in [0.2, 0.25) is 0 Å². The molecule has 0 saturated carbocycles. The molecule has 1 saturated heterocycles. The lowest BCUT2D eigenvalue weighted by Gasteiger charge is -2.18. The Balaban J connectivity index is 1.93. The summed E-state index contributed by atoms with van der Waals surface area (Å²) in [6, 6.07) is 2.66. The zero-order valence-corrected chi connectivity index (χ0v) is 9.35. The number of rotatable bonds is 4. The molecule has 2 unspecified atom stereocenters. The predicted molar refractivity (Wildman–Crippen MR) is 59.7 cm³/mol. The first-order valence-corrected chi connectivity index (χ1v) is 6.15. The number of thiophene rings is 1. The minimum Gasteiger partial charge on any atom is -0.378 e. The van der Waals surface area contributed by atoms with Crippen molar-refractivity contribution in [2.24, 2.45) is 0 Å². The normalized spacial score (nSPS) is 23.9. The van der Waals surface area contributed by atoms with Crippen molar-refractivity contribution >= 4 is 11.3 Å². The molecule has 1 fully saturated rings. The summed E-state index contributed by atoms with van der Waals surface area (Å²) >= 11 is 1.76. The average Bonchev–Trinajstić information content (AvgIpc) is 2.86. The van der Waals surface area contributed by atoms with Crippen LogP contribution in [0.5, 0.6) is 0 Å². The van der Waals surface area contributed by atoms with Crippen LogP contribution in [0, 0.1) is 0 Å². The van der Waals surface area contributed by atoms with Gasteiger partial charge >= 0.3 is 0 Å². The zero-order valence-electron chi connectivity index (χ0n) is 8.53. The predicted octanol–water partition coefficient (Wildman–Crippen LogP) is 2.58. The van der Waals surface area contributed by atoms with E-state index in [-0.39, 0.29) is 0 Å². The van der Waals surface area contributed by atoms with Crippen molar-refractivity contribution in [2.75, 3.05) is 13.7 Å². The van der Waals surface area contributed by atoms with Crippen LogP contribution in [0.4, 0.5) is 0 Å². The SMILES string of the molecule is CNC(CC1CCCO1)c1ccsc1. The van der Waals surface area contributed by atoms with Crippen LogP contribution in [-0.4, -0.2) is 19.8 Å². The number of nitrogens with one attached hydrogen (secondary N) is 1. The Bertz CT molecular complexity index is 254. The summed E-state index contributed by atoms with van der Waals surface area (Å²) in [4.78, 5) is 0. The number of hydrogen-bond acceptors (Lipinski definition) is 3. The third-order valence-electron chi connectivity index (χ3n) is 2.82. The third kappa shape index (κ3) is 2.35. The Hall–Kier alpha value is -0.380. The molecule has 0 radical (unpaired) electrons. The largest absolute Gasteiger partial charge is 0.378 e. The van der Waals surface area contributed by atoms with E-state index in [1.54, 1.807) is 11.3 Å². The Labute approximate surface area is 89.3 Å². The van der Waals surface area contributed by atoms with Crippen molar-refractivity contribution in [3.63, 3.8) is 0 Å². The summed E-state index contributed by atoms with van der Waals surface area (Å²) in [7, 11) is 2.03. The van der Waals surface area contributed by atoms with Crippen LogP contribution in [0.2, 0.25) is 0 Å². The highest BCUT2D eigenvalue weighted by Gasteiger charge is 2.20. The summed E-state index contributed by atoms with van der Waals surface area (Å²) in [6.45, 7) is 0.949. The van der Waals surface area contributed by atoms with Gasteiger partial charge in [-0.05, 0) is 48.7 Å². The van der Waals surface area contributed by atoms with E-state index < -0.39 is 0 Å². The molecule has 78 valence electrons. The summed E-state index contributed by atoms with van der Waals surface area (Å²) < 4.78 is 5.65. The molecule has 0 bridgehead atoms. The van der Waals surface area contributed by atoms with E-state index in [2.05, 4.69) is 22.1 Å². The zero-order chi connectivity index (χ0) is 9.80. The first-order valence-electron chi connectivity index (χ1n) is 5.21. The van der Waals surface area contributed by atoms with Crippen molar-refractivity contribution < 1.29 is 4.74 Å². The Morgan fingerprint density at radius 2 is 2.64 bits per heavy atom. The maximum Gasteiger partial charge on any atom is 0.0594 e. The summed E-state index contributed by atoms with van der Waals surface area (Å²) in [5.74, 6) is 0. The molecule has 0 amide bonds. The molecule has 0 spiro atoms. The maximum atomic E-state index is 5.65. The molecule has 1 aromatic rings. The summed E-state index contributed by atoms with van der Waals surface area (Å²) in [6.07, 6.45) is 4.02. The van der Waals surface area contributed by atoms with Gasteiger partial charge in [0.05, 0.1) is 6.10 Å². The molecule has 14 heavy (non-hydrogen) atoms. The van der Waals surface area contributed by atoms with E-state index in [4.69, 9.17) is 4.74 Å². The molecule has 1 N–H and O–H groups in total. The van der Waals surface area contributed by atoms with E-state index in [9.17, 15) is 0 Å². The maximum absolute atomic E-state index is 5.65. The Morgan fingerprint density at radius 1 is 1.71 bits per heavy atom. The highest BCUT2D eigenvalue weighted by Crippen LogP contribution is 2.25. The van der Waals surface area contributed by atoms with Crippen LogP contribution in [0.15, 0.2) is 16.8 Å². The van der Waals surface area contributed by atoms with Crippen molar-refractivity contribution in [3.05, 3.63) is 22.4 Å². The lowest BCUT2D eigenvalue weighted by atomic mass is 10.0. The van der Waals surface area contributed by atoms with Gasteiger partial charge < -0.3 is 10.1 Å². The number of hydrogen-bond donors (Lipinski definition) is 1. The topological polar surface area (TPSA) is 21.3 Å². The van der Waals surface area contributed by atoms with Crippen molar-refractivity contribution in [1.29, 1.82) is 0 Å². The molecule has 2 nitrogen and oxygen atoms in total. The molecule has 1 aliphatic heterocycles. The van der Waals surface area contributed by atoms with Gasteiger partial charge in [-0.2, -0.15) is 11.3 Å². The highest BCUT2D eigenvalue weighted by atomic mass is 32.1. The second-order valence-electron chi connectivity index (χ2n) is 3.77. The lowest BCUT2D eigenvalue weighted by Crippen LogP contribution is -2.21. The molecular weight excluding hydrogens is 194 g/mol. The molecular formula is C11H17NOS. The minimum atomic E-state index is 0.462. The molecule has 0 aliphatic carbocycles. The Morgan fingerprint density at radius 3 is 3.21 bits per heavy atom. The van der Waals surface area contributed by atoms with Gasteiger partial charge in [-0.15, -0.1) is 0 Å².